The highest BCUT2D eigenvalue weighted by Gasteiger charge is 2.44. The maximum atomic E-state index is 13.4. The fourth-order valence-corrected chi connectivity index (χ4v) is 4.47. The van der Waals surface area contributed by atoms with E-state index in [-0.39, 0.29) is 43.5 Å². The van der Waals surface area contributed by atoms with Crippen molar-refractivity contribution >= 4 is 51.7 Å². The van der Waals surface area contributed by atoms with Crippen LogP contribution in [0.1, 0.15) is 36.0 Å². The Labute approximate surface area is 211 Å². The van der Waals surface area contributed by atoms with Gasteiger partial charge in [0.25, 0.3) is 5.91 Å². The van der Waals surface area contributed by atoms with Crippen LogP contribution in [0.4, 0.5) is 10.5 Å². The Bertz CT molecular complexity index is 1200. The van der Waals surface area contributed by atoms with Crippen molar-refractivity contribution in [2.45, 2.75) is 37.8 Å². The third-order valence-corrected chi connectivity index (χ3v) is 6.15. The van der Waals surface area contributed by atoms with E-state index in [1.54, 1.807) is 0 Å². The molecule has 2 unspecified atom stereocenters. The minimum atomic E-state index is -3.52. The summed E-state index contributed by atoms with van der Waals surface area (Å²) in [7, 11) is -3.52. The van der Waals surface area contributed by atoms with Crippen LogP contribution in [-0.2, 0) is 29.2 Å². The van der Waals surface area contributed by atoms with Gasteiger partial charge < -0.3 is 15.2 Å². The van der Waals surface area contributed by atoms with Gasteiger partial charge in [0.1, 0.15) is 12.3 Å². The van der Waals surface area contributed by atoms with Crippen molar-refractivity contribution in [3.8, 4) is 0 Å². The number of anilines is 1. The summed E-state index contributed by atoms with van der Waals surface area (Å²) in [6.07, 6.45) is 0.951. The Balaban J connectivity index is 1.77. The van der Waals surface area contributed by atoms with Gasteiger partial charge in [0.2, 0.25) is 21.8 Å². The highest BCUT2D eigenvalue weighted by molar-refractivity contribution is 7.92. The van der Waals surface area contributed by atoms with Gasteiger partial charge in [0.05, 0.1) is 25.3 Å². The van der Waals surface area contributed by atoms with Crippen molar-refractivity contribution in [1.29, 1.82) is 0 Å². The van der Waals surface area contributed by atoms with Gasteiger partial charge in [-0.3, -0.25) is 29.3 Å². The lowest BCUT2D eigenvalue weighted by molar-refractivity contribution is -0.155. The van der Waals surface area contributed by atoms with Crippen LogP contribution in [0.15, 0.2) is 24.3 Å². The molecule has 0 saturated carbocycles. The quantitative estimate of drug-likeness (QED) is 0.281. The SMILES string of the molecule is CS(=O)(=O)Nc1ccc(C(=O)NN2CCC(=O)N3CCCC(C(=O)NC(C=O)CC(=O)O)N3C2=O)cc1. The monoisotopic (exact) mass is 538 g/mol. The zero-order chi connectivity index (χ0) is 27.3. The number of carboxylic acid groups (broad SMARTS) is 1. The summed E-state index contributed by atoms with van der Waals surface area (Å²) < 4.78 is 25.0. The van der Waals surface area contributed by atoms with Gasteiger partial charge in [-0.25, -0.2) is 28.2 Å². The number of benzene rings is 1. The molecular formula is C21H26N6O9S. The Kier molecular flexibility index (Phi) is 8.31. The average molecular weight is 539 g/mol. The molecule has 2 saturated heterocycles. The number of amides is 5. The van der Waals surface area contributed by atoms with Crippen LogP contribution >= 0.6 is 0 Å². The Morgan fingerprint density at radius 3 is 2.43 bits per heavy atom. The van der Waals surface area contributed by atoms with Crippen LogP contribution in [0.25, 0.3) is 0 Å². The molecule has 0 spiro atoms. The number of urea groups is 1. The summed E-state index contributed by atoms with van der Waals surface area (Å²) in [5, 5.41) is 14.1. The van der Waals surface area contributed by atoms with Crippen molar-refractivity contribution in [2.24, 2.45) is 0 Å². The fraction of sp³-hybridized carbons (Fsp3) is 0.429. The van der Waals surface area contributed by atoms with Gasteiger partial charge in [-0.2, -0.15) is 0 Å². The van der Waals surface area contributed by atoms with Crippen LogP contribution < -0.4 is 15.5 Å². The van der Waals surface area contributed by atoms with E-state index in [4.69, 9.17) is 5.11 Å². The number of aliphatic carboxylic acids is 1. The van der Waals surface area contributed by atoms with Crippen molar-refractivity contribution in [1.82, 2.24) is 25.8 Å². The number of carbonyl (C=O) groups is 6. The van der Waals surface area contributed by atoms with Gasteiger partial charge >= 0.3 is 12.0 Å². The summed E-state index contributed by atoms with van der Waals surface area (Å²) in [6.45, 7) is -0.0361. The molecular weight excluding hydrogens is 512 g/mol. The molecule has 2 aliphatic rings. The lowest BCUT2D eigenvalue weighted by atomic mass is 10.1. The van der Waals surface area contributed by atoms with Gasteiger partial charge in [0, 0.05) is 24.2 Å². The van der Waals surface area contributed by atoms with Gasteiger partial charge in [-0.1, -0.05) is 0 Å². The second-order valence-corrected chi connectivity index (χ2v) is 10.2. The second-order valence-electron chi connectivity index (χ2n) is 8.45. The van der Waals surface area contributed by atoms with E-state index in [0.717, 1.165) is 21.3 Å². The molecule has 200 valence electrons. The lowest BCUT2D eigenvalue weighted by Crippen LogP contribution is -2.64. The van der Waals surface area contributed by atoms with Gasteiger partial charge in [0.15, 0.2) is 0 Å². The number of nitrogens with zero attached hydrogens (tertiary/aromatic N) is 3. The summed E-state index contributed by atoms with van der Waals surface area (Å²) in [5.74, 6) is -3.30. The van der Waals surface area contributed by atoms with E-state index in [1.165, 1.54) is 24.3 Å². The van der Waals surface area contributed by atoms with E-state index in [9.17, 15) is 37.2 Å². The highest BCUT2D eigenvalue weighted by atomic mass is 32.2. The molecule has 2 fully saturated rings. The van der Waals surface area contributed by atoms with Crippen molar-refractivity contribution in [3.05, 3.63) is 29.8 Å². The molecule has 4 N–H and O–H groups in total. The van der Waals surface area contributed by atoms with Gasteiger partial charge in [-0.05, 0) is 37.1 Å². The average Bonchev–Trinajstić information content (AvgIpc) is 2.94. The topological polar surface area (TPSA) is 203 Å². The van der Waals surface area contributed by atoms with Crippen LogP contribution in [0.5, 0.6) is 0 Å². The third kappa shape index (κ3) is 6.93. The standard InChI is InChI=1S/C21H26N6O9S/c1-37(35,36)24-14-6-4-13(5-7-14)19(32)23-25-10-8-17(29)26-9-2-3-16(27(26)21(25)34)20(33)22-15(12-28)11-18(30)31/h4-7,12,15-16,24H,2-3,8-11H2,1H3,(H,22,33)(H,23,32)(H,30,31). The Hall–Kier alpha value is -4.21. The van der Waals surface area contributed by atoms with Gasteiger partial charge in [-0.15, -0.1) is 0 Å². The number of hydrazine groups is 2. The summed E-state index contributed by atoms with van der Waals surface area (Å²) in [4.78, 5) is 73.9. The first kappa shape index (κ1) is 27.4. The lowest BCUT2D eigenvalue weighted by Gasteiger charge is -2.42. The molecule has 0 aliphatic carbocycles. The number of rotatable bonds is 9. The summed E-state index contributed by atoms with van der Waals surface area (Å²) >= 11 is 0. The van der Waals surface area contributed by atoms with E-state index < -0.39 is 58.2 Å². The number of hydrogen-bond donors (Lipinski definition) is 4. The predicted octanol–water partition coefficient (Wildman–Crippen LogP) is -1.10. The molecule has 0 aromatic heterocycles. The van der Waals surface area contributed by atoms with Crippen molar-refractivity contribution in [2.75, 3.05) is 24.1 Å². The number of sulfonamides is 1. The Morgan fingerprint density at radius 1 is 1.16 bits per heavy atom. The molecule has 2 atom stereocenters. The first-order valence-corrected chi connectivity index (χ1v) is 13.1. The van der Waals surface area contributed by atoms with E-state index in [2.05, 4.69) is 15.5 Å². The largest absolute Gasteiger partial charge is 0.481 e. The molecule has 0 bridgehead atoms. The molecule has 37 heavy (non-hydrogen) atoms. The first-order valence-electron chi connectivity index (χ1n) is 11.2. The first-order chi connectivity index (χ1) is 17.4. The van der Waals surface area contributed by atoms with Crippen LogP contribution in [0.2, 0.25) is 0 Å². The number of carbonyl (C=O) groups excluding carboxylic acids is 5. The zero-order valence-corrected chi connectivity index (χ0v) is 20.6. The van der Waals surface area contributed by atoms with Crippen LogP contribution in [-0.4, -0.2) is 96.0 Å². The number of aldehydes is 1. The van der Waals surface area contributed by atoms with Crippen molar-refractivity contribution in [3.63, 3.8) is 0 Å². The number of fused-ring (bicyclic) bond motifs is 1. The molecule has 2 heterocycles. The summed E-state index contributed by atoms with van der Waals surface area (Å²) in [5.41, 5.74) is 2.72. The summed E-state index contributed by atoms with van der Waals surface area (Å²) in [6, 6.07) is 1.97. The molecule has 0 radical (unpaired) electrons. The smallest absolute Gasteiger partial charge is 0.358 e. The molecule has 1 aromatic rings. The maximum absolute atomic E-state index is 13.4. The minimum absolute atomic E-state index is 0.0923. The van der Waals surface area contributed by atoms with Crippen LogP contribution in [0, 0.1) is 0 Å². The predicted molar refractivity (Wildman–Crippen MR) is 126 cm³/mol. The molecule has 5 amide bonds. The molecule has 1 aromatic carbocycles. The Morgan fingerprint density at radius 2 is 1.84 bits per heavy atom. The third-order valence-electron chi connectivity index (χ3n) is 5.54. The van der Waals surface area contributed by atoms with E-state index >= 15 is 0 Å². The fourth-order valence-electron chi connectivity index (χ4n) is 3.91. The van der Waals surface area contributed by atoms with E-state index in [1.807, 2.05) is 0 Å². The van der Waals surface area contributed by atoms with Crippen molar-refractivity contribution < 1.29 is 42.3 Å². The highest BCUT2D eigenvalue weighted by Crippen LogP contribution is 2.24. The zero-order valence-electron chi connectivity index (χ0n) is 19.7. The molecule has 15 nitrogen and oxygen atoms in total. The number of hydrogen-bond acceptors (Lipinski definition) is 8. The minimum Gasteiger partial charge on any atom is -0.481 e. The number of carboxylic acids is 1. The second kappa shape index (κ2) is 11.2. The maximum Gasteiger partial charge on any atom is 0.358 e. The van der Waals surface area contributed by atoms with E-state index in [0.29, 0.717) is 6.42 Å². The molecule has 2 aliphatic heterocycles. The molecule has 3 rings (SSSR count). The molecule has 16 heteroatoms. The van der Waals surface area contributed by atoms with Crippen LogP contribution in [0.3, 0.4) is 0 Å². The normalized spacial score (nSPS) is 18.8. The number of nitrogens with one attached hydrogen (secondary N) is 3.